The molecule has 0 aromatic heterocycles. The van der Waals surface area contributed by atoms with Crippen LogP contribution in [0, 0.1) is 5.41 Å². The Balaban J connectivity index is 2.34. The SMILES string of the molecule is C=CCC1(C(=O)c2ccc(C(F)(F)F)cc2)CCOC1=O. The van der Waals surface area contributed by atoms with Gasteiger partial charge in [0.1, 0.15) is 5.41 Å². The summed E-state index contributed by atoms with van der Waals surface area (Å²) in [6.07, 6.45) is -2.72. The number of esters is 1. The van der Waals surface area contributed by atoms with E-state index < -0.39 is 28.9 Å². The third kappa shape index (κ3) is 2.70. The van der Waals surface area contributed by atoms with Crippen LogP contribution in [0.15, 0.2) is 36.9 Å². The van der Waals surface area contributed by atoms with Crippen LogP contribution in [0.25, 0.3) is 0 Å². The van der Waals surface area contributed by atoms with Crippen LogP contribution in [0.1, 0.15) is 28.8 Å². The topological polar surface area (TPSA) is 43.4 Å². The normalized spacial score (nSPS) is 22.0. The quantitative estimate of drug-likeness (QED) is 0.370. The number of ether oxygens (including phenoxy) is 1. The average molecular weight is 298 g/mol. The summed E-state index contributed by atoms with van der Waals surface area (Å²) >= 11 is 0. The first-order valence-electron chi connectivity index (χ1n) is 6.31. The number of benzene rings is 1. The molecule has 1 unspecified atom stereocenters. The van der Waals surface area contributed by atoms with Crippen molar-refractivity contribution in [3.05, 3.63) is 48.0 Å². The van der Waals surface area contributed by atoms with Gasteiger partial charge in [0.2, 0.25) is 0 Å². The Hall–Kier alpha value is -2.11. The average Bonchev–Trinajstić information content (AvgIpc) is 2.80. The van der Waals surface area contributed by atoms with E-state index in [-0.39, 0.29) is 25.0 Å². The highest BCUT2D eigenvalue weighted by molar-refractivity contribution is 6.13. The number of hydrogen-bond donors (Lipinski definition) is 0. The van der Waals surface area contributed by atoms with Crippen LogP contribution >= 0.6 is 0 Å². The van der Waals surface area contributed by atoms with Crippen LogP contribution < -0.4 is 0 Å². The lowest BCUT2D eigenvalue weighted by Crippen LogP contribution is -2.35. The van der Waals surface area contributed by atoms with Crippen molar-refractivity contribution >= 4 is 11.8 Å². The molecule has 3 nitrogen and oxygen atoms in total. The molecule has 0 N–H and O–H groups in total. The second-order valence-corrected chi connectivity index (χ2v) is 4.87. The number of carbonyl (C=O) groups is 2. The minimum Gasteiger partial charge on any atom is -0.465 e. The molecule has 1 aliphatic rings. The van der Waals surface area contributed by atoms with E-state index in [1.54, 1.807) is 0 Å². The van der Waals surface area contributed by atoms with E-state index >= 15 is 0 Å². The fraction of sp³-hybridized carbons (Fsp3) is 0.333. The lowest BCUT2D eigenvalue weighted by atomic mass is 9.76. The van der Waals surface area contributed by atoms with Gasteiger partial charge in [0, 0.05) is 12.0 Å². The van der Waals surface area contributed by atoms with Gasteiger partial charge < -0.3 is 4.74 Å². The van der Waals surface area contributed by atoms with E-state index in [9.17, 15) is 22.8 Å². The second kappa shape index (κ2) is 5.35. The van der Waals surface area contributed by atoms with E-state index in [4.69, 9.17) is 4.74 Å². The summed E-state index contributed by atoms with van der Waals surface area (Å²) in [5, 5.41) is 0. The van der Waals surface area contributed by atoms with Crippen molar-refractivity contribution in [2.24, 2.45) is 5.41 Å². The maximum absolute atomic E-state index is 12.5. The summed E-state index contributed by atoms with van der Waals surface area (Å²) in [7, 11) is 0. The monoisotopic (exact) mass is 298 g/mol. The lowest BCUT2D eigenvalue weighted by molar-refractivity contribution is -0.144. The number of halogens is 3. The van der Waals surface area contributed by atoms with E-state index in [0.717, 1.165) is 24.3 Å². The molecule has 21 heavy (non-hydrogen) atoms. The number of rotatable bonds is 4. The molecule has 0 spiro atoms. The van der Waals surface area contributed by atoms with E-state index in [1.807, 2.05) is 0 Å². The minimum absolute atomic E-state index is 0.0590. The molecule has 1 heterocycles. The van der Waals surface area contributed by atoms with Crippen LogP contribution in [0.5, 0.6) is 0 Å². The second-order valence-electron chi connectivity index (χ2n) is 4.87. The van der Waals surface area contributed by atoms with E-state index in [0.29, 0.717) is 0 Å². The molecule has 6 heteroatoms. The maximum atomic E-state index is 12.5. The molecule has 0 aliphatic carbocycles. The van der Waals surface area contributed by atoms with Gasteiger partial charge in [-0.2, -0.15) is 13.2 Å². The van der Waals surface area contributed by atoms with Gasteiger partial charge in [-0.15, -0.1) is 6.58 Å². The van der Waals surface area contributed by atoms with Crippen LogP contribution in [0.3, 0.4) is 0 Å². The van der Waals surface area contributed by atoms with Crippen molar-refractivity contribution in [3.63, 3.8) is 0 Å². The molecule has 1 saturated heterocycles. The fourth-order valence-electron chi connectivity index (χ4n) is 2.38. The fourth-order valence-corrected chi connectivity index (χ4v) is 2.38. The molecular formula is C15H13F3O3. The number of ketones is 1. The van der Waals surface area contributed by atoms with Gasteiger partial charge in [-0.1, -0.05) is 18.2 Å². The summed E-state index contributed by atoms with van der Waals surface area (Å²) in [4.78, 5) is 24.4. The Labute approximate surface area is 119 Å². The number of cyclic esters (lactones) is 1. The Morgan fingerprint density at radius 1 is 1.33 bits per heavy atom. The Morgan fingerprint density at radius 3 is 2.38 bits per heavy atom. The first-order valence-corrected chi connectivity index (χ1v) is 6.31. The third-order valence-electron chi connectivity index (χ3n) is 3.55. The van der Waals surface area contributed by atoms with Gasteiger partial charge in [0.25, 0.3) is 0 Å². The summed E-state index contributed by atoms with van der Waals surface area (Å²) < 4.78 is 42.4. The Kier molecular flexibility index (Phi) is 3.89. The predicted molar refractivity (Wildman–Crippen MR) is 68.6 cm³/mol. The molecule has 1 fully saturated rings. The summed E-state index contributed by atoms with van der Waals surface area (Å²) in [5.41, 5.74) is -2.14. The number of Topliss-reactive ketones (excluding diaryl/α,β-unsaturated/α-hetero) is 1. The van der Waals surface area contributed by atoms with Crippen molar-refractivity contribution in [1.29, 1.82) is 0 Å². The minimum atomic E-state index is -4.47. The molecule has 112 valence electrons. The molecule has 1 aromatic carbocycles. The summed E-state index contributed by atoms with van der Waals surface area (Å²) in [6, 6.07) is 3.83. The standard InChI is InChI=1S/C15H13F3O3/c1-2-7-14(8-9-21-13(14)20)12(19)10-3-5-11(6-4-10)15(16,17)18/h2-6H,1,7-9H2. The van der Waals surface area contributed by atoms with Crippen LogP contribution in [-0.4, -0.2) is 18.4 Å². The molecule has 0 saturated carbocycles. The molecule has 0 amide bonds. The number of carbonyl (C=O) groups excluding carboxylic acids is 2. The largest absolute Gasteiger partial charge is 0.465 e. The third-order valence-corrected chi connectivity index (χ3v) is 3.55. The van der Waals surface area contributed by atoms with Crippen molar-refractivity contribution in [1.82, 2.24) is 0 Å². The predicted octanol–water partition coefficient (Wildman–Crippen LogP) is 3.40. The molecule has 0 bridgehead atoms. The number of hydrogen-bond acceptors (Lipinski definition) is 3. The van der Waals surface area contributed by atoms with E-state index in [2.05, 4.69) is 6.58 Å². The molecule has 2 rings (SSSR count). The summed E-state index contributed by atoms with van der Waals surface area (Å²) in [5.74, 6) is -1.18. The zero-order valence-electron chi connectivity index (χ0n) is 11.1. The number of alkyl halides is 3. The van der Waals surface area contributed by atoms with Crippen LogP contribution in [0.2, 0.25) is 0 Å². The van der Waals surface area contributed by atoms with Crippen LogP contribution in [0.4, 0.5) is 13.2 Å². The van der Waals surface area contributed by atoms with Crippen molar-refractivity contribution < 1.29 is 27.5 Å². The van der Waals surface area contributed by atoms with Gasteiger partial charge >= 0.3 is 12.1 Å². The molecule has 1 atom stereocenters. The molecular weight excluding hydrogens is 285 g/mol. The van der Waals surface area contributed by atoms with Gasteiger partial charge in [0.05, 0.1) is 12.2 Å². The zero-order chi connectivity index (χ0) is 15.7. The van der Waals surface area contributed by atoms with E-state index in [1.165, 1.54) is 6.08 Å². The molecule has 1 aliphatic heterocycles. The van der Waals surface area contributed by atoms with Crippen LogP contribution in [-0.2, 0) is 15.7 Å². The highest BCUT2D eigenvalue weighted by Crippen LogP contribution is 2.38. The Bertz CT molecular complexity index is 575. The number of allylic oxidation sites excluding steroid dienone is 1. The van der Waals surface area contributed by atoms with Gasteiger partial charge in [-0.05, 0) is 18.6 Å². The highest BCUT2D eigenvalue weighted by atomic mass is 19.4. The molecule has 1 aromatic rings. The first kappa shape index (κ1) is 15.3. The summed E-state index contributed by atoms with van der Waals surface area (Å²) in [6.45, 7) is 3.64. The molecule has 0 radical (unpaired) electrons. The zero-order valence-corrected chi connectivity index (χ0v) is 11.1. The van der Waals surface area contributed by atoms with Crippen molar-refractivity contribution in [2.45, 2.75) is 19.0 Å². The van der Waals surface area contributed by atoms with Gasteiger partial charge in [-0.25, -0.2) is 0 Å². The highest BCUT2D eigenvalue weighted by Gasteiger charge is 2.50. The smallest absolute Gasteiger partial charge is 0.416 e. The lowest BCUT2D eigenvalue weighted by Gasteiger charge is -2.21. The Morgan fingerprint density at radius 2 is 1.95 bits per heavy atom. The van der Waals surface area contributed by atoms with Crippen molar-refractivity contribution in [3.8, 4) is 0 Å². The van der Waals surface area contributed by atoms with Gasteiger partial charge in [-0.3, -0.25) is 9.59 Å². The van der Waals surface area contributed by atoms with Gasteiger partial charge in [0.15, 0.2) is 5.78 Å². The maximum Gasteiger partial charge on any atom is 0.416 e. The first-order chi connectivity index (χ1) is 9.81. The van der Waals surface area contributed by atoms with Crippen molar-refractivity contribution in [2.75, 3.05) is 6.61 Å².